The molecule has 3 rings (SSSR count). The number of nitrogens with zero attached hydrogens (tertiary/aromatic N) is 2. The zero-order valence-electron chi connectivity index (χ0n) is 15.1. The molecular weight excluding hydrogens is 300 g/mol. The lowest BCUT2D eigenvalue weighted by Crippen LogP contribution is -2.48. The summed E-state index contributed by atoms with van der Waals surface area (Å²) >= 11 is 0. The standard InChI is InChI=1S/C20H32N2O2/c1-16-12-22(13-17(2)24-16)14-18-8-10-21(11-9-18)15-20(23)19-6-4-3-5-7-19/h3-7,16-18,20,23H,8-15H2,1-2H3/t16-,17+,20-/m1/s1. The van der Waals surface area contributed by atoms with Crippen LogP contribution in [0.5, 0.6) is 0 Å². The van der Waals surface area contributed by atoms with Gasteiger partial charge in [-0.25, -0.2) is 0 Å². The summed E-state index contributed by atoms with van der Waals surface area (Å²) in [7, 11) is 0. The quantitative estimate of drug-likeness (QED) is 0.899. The van der Waals surface area contributed by atoms with Gasteiger partial charge in [0, 0.05) is 26.2 Å². The number of aliphatic hydroxyl groups excluding tert-OH is 1. The van der Waals surface area contributed by atoms with E-state index in [1.165, 1.54) is 19.4 Å². The van der Waals surface area contributed by atoms with Crippen molar-refractivity contribution in [1.29, 1.82) is 0 Å². The molecule has 0 bridgehead atoms. The molecule has 24 heavy (non-hydrogen) atoms. The fraction of sp³-hybridized carbons (Fsp3) is 0.700. The van der Waals surface area contributed by atoms with Crippen molar-refractivity contribution in [2.75, 3.05) is 39.3 Å². The Balaban J connectivity index is 1.41. The Bertz CT molecular complexity index is 478. The number of piperidine rings is 1. The Morgan fingerprint density at radius 1 is 1.04 bits per heavy atom. The fourth-order valence-electron chi connectivity index (χ4n) is 4.18. The van der Waals surface area contributed by atoms with Crippen LogP contribution in [0.15, 0.2) is 30.3 Å². The van der Waals surface area contributed by atoms with Crippen molar-refractivity contribution in [3.63, 3.8) is 0 Å². The molecule has 134 valence electrons. The molecular formula is C20H32N2O2. The smallest absolute Gasteiger partial charge is 0.0916 e. The predicted molar refractivity (Wildman–Crippen MR) is 97.0 cm³/mol. The number of likely N-dealkylation sites (tertiary alicyclic amines) is 1. The van der Waals surface area contributed by atoms with E-state index >= 15 is 0 Å². The second kappa shape index (κ2) is 8.43. The van der Waals surface area contributed by atoms with Gasteiger partial charge in [0.2, 0.25) is 0 Å². The van der Waals surface area contributed by atoms with E-state index in [2.05, 4.69) is 23.6 Å². The van der Waals surface area contributed by atoms with E-state index in [-0.39, 0.29) is 6.10 Å². The Labute approximate surface area is 146 Å². The third-order valence-corrected chi connectivity index (χ3v) is 5.33. The van der Waals surface area contributed by atoms with E-state index in [1.54, 1.807) is 0 Å². The molecule has 2 aliphatic rings. The van der Waals surface area contributed by atoms with Crippen LogP contribution in [0.25, 0.3) is 0 Å². The topological polar surface area (TPSA) is 35.9 Å². The lowest BCUT2D eigenvalue weighted by Gasteiger charge is -2.39. The van der Waals surface area contributed by atoms with E-state index in [0.29, 0.717) is 12.2 Å². The van der Waals surface area contributed by atoms with Crippen LogP contribution in [0.4, 0.5) is 0 Å². The minimum absolute atomic E-state index is 0.356. The van der Waals surface area contributed by atoms with Crippen LogP contribution >= 0.6 is 0 Å². The van der Waals surface area contributed by atoms with E-state index in [0.717, 1.165) is 44.2 Å². The number of hydrogen-bond donors (Lipinski definition) is 1. The summed E-state index contributed by atoms with van der Waals surface area (Å²) in [5, 5.41) is 10.4. The van der Waals surface area contributed by atoms with Crippen LogP contribution in [0.2, 0.25) is 0 Å². The number of rotatable bonds is 5. The van der Waals surface area contributed by atoms with E-state index in [4.69, 9.17) is 4.74 Å². The first-order chi connectivity index (χ1) is 11.6. The van der Waals surface area contributed by atoms with Crippen molar-refractivity contribution in [3.05, 3.63) is 35.9 Å². The van der Waals surface area contributed by atoms with Crippen molar-refractivity contribution in [2.45, 2.75) is 45.0 Å². The number of morpholine rings is 1. The largest absolute Gasteiger partial charge is 0.387 e. The molecule has 0 saturated carbocycles. The lowest BCUT2D eigenvalue weighted by molar-refractivity contribution is -0.0734. The number of ether oxygens (including phenoxy) is 1. The number of β-amino-alcohol motifs (C(OH)–C–C–N with tert-alkyl or cyclic N) is 1. The summed E-state index contributed by atoms with van der Waals surface area (Å²) in [5.74, 6) is 0.785. The highest BCUT2D eigenvalue weighted by atomic mass is 16.5. The van der Waals surface area contributed by atoms with Gasteiger partial charge in [-0.2, -0.15) is 0 Å². The molecule has 0 spiro atoms. The number of aliphatic hydroxyl groups is 1. The molecule has 2 heterocycles. The van der Waals surface area contributed by atoms with Gasteiger partial charge in [0.1, 0.15) is 0 Å². The van der Waals surface area contributed by atoms with Gasteiger partial charge in [-0.3, -0.25) is 4.90 Å². The van der Waals surface area contributed by atoms with Crippen molar-refractivity contribution >= 4 is 0 Å². The monoisotopic (exact) mass is 332 g/mol. The van der Waals surface area contributed by atoms with Gasteiger partial charge in [-0.1, -0.05) is 30.3 Å². The zero-order valence-corrected chi connectivity index (χ0v) is 15.1. The first kappa shape index (κ1) is 17.9. The van der Waals surface area contributed by atoms with Crippen LogP contribution in [-0.4, -0.2) is 66.4 Å². The van der Waals surface area contributed by atoms with Crippen molar-refractivity contribution < 1.29 is 9.84 Å². The predicted octanol–water partition coefficient (Wildman–Crippen LogP) is 2.54. The highest BCUT2D eigenvalue weighted by Crippen LogP contribution is 2.23. The molecule has 0 radical (unpaired) electrons. The number of hydrogen-bond acceptors (Lipinski definition) is 4. The molecule has 2 aliphatic heterocycles. The van der Waals surface area contributed by atoms with E-state index < -0.39 is 0 Å². The Hall–Kier alpha value is -0.940. The zero-order chi connectivity index (χ0) is 16.9. The molecule has 2 fully saturated rings. The van der Waals surface area contributed by atoms with E-state index in [9.17, 15) is 5.11 Å². The van der Waals surface area contributed by atoms with Crippen LogP contribution in [0, 0.1) is 5.92 Å². The molecule has 1 N–H and O–H groups in total. The average Bonchev–Trinajstić information content (AvgIpc) is 2.56. The molecule has 1 aromatic carbocycles. The van der Waals surface area contributed by atoms with E-state index in [1.807, 2.05) is 30.3 Å². The maximum Gasteiger partial charge on any atom is 0.0916 e. The summed E-state index contributed by atoms with van der Waals surface area (Å²) in [6.45, 7) is 10.6. The van der Waals surface area contributed by atoms with Gasteiger partial charge < -0.3 is 14.7 Å². The van der Waals surface area contributed by atoms with Crippen LogP contribution < -0.4 is 0 Å². The maximum absolute atomic E-state index is 10.4. The van der Waals surface area contributed by atoms with Crippen molar-refractivity contribution in [1.82, 2.24) is 9.80 Å². The van der Waals surface area contributed by atoms with Gasteiger partial charge in [0.15, 0.2) is 0 Å². The van der Waals surface area contributed by atoms with Crippen LogP contribution in [0.3, 0.4) is 0 Å². The summed E-state index contributed by atoms with van der Waals surface area (Å²) < 4.78 is 5.83. The SMILES string of the molecule is C[C@@H]1CN(CC2CCN(C[C@@H](O)c3ccccc3)CC2)C[C@H](C)O1. The molecule has 4 nitrogen and oxygen atoms in total. The van der Waals surface area contributed by atoms with Gasteiger partial charge in [0.05, 0.1) is 18.3 Å². The first-order valence-electron chi connectivity index (χ1n) is 9.43. The van der Waals surface area contributed by atoms with Crippen LogP contribution in [0.1, 0.15) is 38.4 Å². The molecule has 4 heteroatoms. The highest BCUT2D eigenvalue weighted by molar-refractivity contribution is 5.17. The maximum atomic E-state index is 10.4. The molecule has 2 saturated heterocycles. The average molecular weight is 332 g/mol. The lowest BCUT2D eigenvalue weighted by atomic mass is 9.95. The second-order valence-electron chi connectivity index (χ2n) is 7.65. The summed E-state index contributed by atoms with van der Waals surface area (Å²) in [4.78, 5) is 5.00. The third-order valence-electron chi connectivity index (χ3n) is 5.33. The Morgan fingerprint density at radius 3 is 2.29 bits per heavy atom. The number of benzene rings is 1. The van der Waals surface area contributed by atoms with Gasteiger partial charge >= 0.3 is 0 Å². The van der Waals surface area contributed by atoms with Gasteiger partial charge in [-0.05, 0) is 51.3 Å². The first-order valence-corrected chi connectivity index (χ1v) is 9.43. The molecule has 3 atom stereocenters. The minimum atomic E-state index is -0.372. The summed E-state index contributed by atoms with van der Waals surface area (Å²) in [6, 6.07) is 10.0. The summed E-state index contributed by atoms with van der Waals surface area (Å²) in [6.07, 6.45) is 2.82. The minimum Gasteiger partial charge on any atom is -0.387 e. The van der Waals surface area contributed by atoms with Crippen LogP contribution in [-0.2, 0) is 4.74 Å². The Morgan fingerprint density at radius 2 is 1.67 bits per heavy atom. The summed E-state index contributed by atoms with van der Waals surface area (Å²) in [5.41, 5.74) is 1.02. The molecule has 0 aliphatic carbocycles. The highest BCUT2D eigenvalue weighted by Gasteiger charge is 2.27. The molecule has 1 aromatic rings. The van der Waals surface area contributed by atoms with Crippen molar-refractivity contribution in [2.24, 2.45) is 5.92 Å². The second-order valence-corrected chi connectivity index (χ2v) is 7.65. The van der Waals surface area contributed by atoms with Gasteiger partial charge in [0.25, 0.3) is 0 Å². The molecule has 0 unspecified atom stereocenters. The fourth-order valence-corrected chi connectivity index (χ4v) is 4.18. The third kappa shape index (κ3) is 5.03. The van der Waals surface area contributed by atoms with Crippen molar-refractivity contribution in [3.8, 4) is 0 Å². The molecule has 0 amide bonds. The molecule has 0 aromatic heterocycles. The normalized spacial score (nSPS) is 28.8. The Kier molecular flexibility index (Phi) is 6.28. The van der Waals surface area contributed by atoms with Gasteiger partial charge in [-0.15, -0.1) is 0 Å².